The van der Waals surface area contributed by atoms with E-state index in [4.69, 9.17) is 4.42 Å². The number of nitrogens with one attached hydrogen (secondary N) is 1. The van der Waals surface area contributed by atoms with E-state index in [1.165, 1.54) is 19.3 Å². The van der Waals surface area contributed by atoms with Gasteiger partial charge in [0.1, 0.15) is 11.3 Å². The molecule has 1 aliphatic heterocycles. The predicted octanol–water partition coefficient (Wildman–Crippen LogP) is 7.02. The number of fused-ring (bicyclic) bond motifs is 1. The first-order valence-corrected chi connectivity index (χ1v) is 11.9. The zero-order valence-electron chi connectivity index (χ0n) is 17.8. The Morgan fingerprint density at radius 3 is 2.31 bits per heavy atom. The van der Waals surface area contributed by atoms with Gasteiger partial charge in [-0.05, 0) is 67.9 Å². The van der Waals surface area contributed by atoms with Crippen LogP contribution in [0.1, 0.15) is 47.0 Å². The number of hydrogen-bond donors (Lipinski definition) is 1. The average molecular weight is 489 g/mol. The minimum Gasteiger partial charge on any atom is -0.457 e. The summed E-state index contributed by atoms with van der Waals surface area (Å²) < 4.78 is 7.51. The van der Waals surface area contributed by atoms with E-state index in [1.54, 1.807) is 0 Å². The topological polar surface area (TPSA) is 45.5 Å². The van der Waals surface area contributed by atoms with Crippen LogP contribution in [-0.2, 0) is 0 Å². The van der Waals surface area contributed by atoms with E-state index in [0.29, 0.717) is 5.56 Å². The standard InChI is InChI=1S/C27H25BrN2O2/c28-21-15-13-19(14-16-21)25(30-17-7-2-8-18-30)26-24(22-11-5-6-12-23(22)32-26)29-27(31)20-9-3-1-4-10-20/h1,3-6,9-16,25H,2,7-8,17-18H2,(H,29,31). The van der Waals surface area contributed by atoms with E-state index >= 15 is 0 Å². The third-order valence-electron chi connectivity index (χ3n) is 6.09. The SMILES string of the molecule is O=C(Nc1c(C(c2ccc(Br)cc2)N2CCCCC2)oc2ccccc12)c1ccccc1. The van der Waals surface area contributed by atoms with Crippen molar-refractivity contribution in [3.8, 4) is 0 Å². The molecule has 1 aliphatic rings. The number of carbonyl (C=O) groups excluding carboxylic acids is 1. The number of para-hydroxylation sites is 1. The number of carbonyl (C=O) groups is 1. The molecule has 1 amide bonds. The fourth-order valence-corrected chi connectivity index (χ4v) is 4.78. The third kappa shape index (κ3) is 4.23. The molecular weight excluding hydrogens is 464 g/mol. The van der Waals surface area contributed by atoms with Gasteiger partial charge in [0, 0.05) is 15.4 Å². The number of rotatable bonds is 5. The van der Waals surface area contributed by atoms with E-state index in [1.807, 2.05) is 54.6 Å². The smallest absolute Gasteiger partial charge is 0.255 e. The van der Waals surface area contributed by atoms with E-state index < -0.39 is 0 Å². The molecule has 5 heteroatoms. The lowest BCUT2D eigenvalue weighted by Gasteiger charge is -2.34. The van der Waals surface area contributed by atoms with Crippen molar-refractivity contribution in [2.24, 2.45) is 0 Å². The Morgan fingerprint density at radius 2 is 1.56 bits per heavy atom. The normalized spacial score (nSPS) is 15.5. The molecule has 32 heavy (non-hydrogen) atoms. The fraction of sp³-hybridized carbons (Fsp3) is 0.222. The van der Waals surface area contributed by atoms with Crippen LogP contribution in [0.5, 0.6) is 0 Å². The van der Waals surface area contributed by atoms with Crippen molar-refractivity contribution in [2.45, 2.75) is 25.3 Å². The highest BCUT2D eigenvalue weighted by Crippen LogP contribution is 2.41. The van der Waals surface area contributed by atoms with Gasteiger partial charge in [0.2, 0.25) is 0 Å². The fourth-order valence-electron chi connectivity index (χ4n) is 4.51. The maximum atomic E-state index is 13.1. The zero-order chi connectivity index (χ0) is 21.9. The summed E-state index contributed by atoms with van der Waals surface area (Å²) in [6.07, 6.45) is 3.58. The summed E-state index contributed by atoms with van der Waals surface area (Å²) in [7, 11) is 0. The largest absolute Gasteiger partial charge is 0.457 e. The minimum atomic E-state index is -0.133. The highest BCUT2D eigenvalue weighted by atomic mass is 79.9. The molecular formula is C27H25BrN2O2. The van der Waals surface area contributed by atoms with Crippen LogP contribution in [0.25, 0.3) is 11.0 Å². The van der Waals surface area contributed by atoms with Crippen LogP contribution < -0.4 is 5.32 Å². The van der Waals surface area contributed by atoms with Gasteiger partial charge < -0.3 is 9.73 Å². The number of hydrogen-bond acceptors (Lipinski definition) is 3. The maximum Gasteiger partial charge on any atom is 0.255 e. The molecule has 0 radical (unpaired) electrons. The molecule has 0 spiro atoms. The van der Waals surface area contributed by atoms with Crippen LogP contribution in [0.15, 0.2) is 87.8 Å². The van der Waals surface area contributed by atoms with Gasteiger partial charge in [-0.3, -0.25) is 9.69 Å². The quantitative estimate of drug-likeness (QED) is 0.328. The molecule has 162 valence electrons. The molecule has 4 aromatic rings. The summed E-state index contributed by atoms with van der Waals surface area (Å²) in [6.45, 7) is 2.01. The Hall–Kier alpha value is -2.89. The average Bonchev–Trinajstić information content (AvgIpc) is 3.19. The summed E-state index contributed by atoms with van der Waals surface area (Å²) in [6, 6.07) is 25.6. The van der Waals surface area contributed by atoms with Gasteiger partial charge in [0.05, 0.1) is 11.7 Å². The minimum absolute atomic E-state index is 0.0677. The first-order chi connectivity index (χ1) is 15.7. The predicted molar refractivity (Wildman–Crippen MR) is 132 cm³/mol. The summed E-state index contributed by atoms with van der Waals surface area (Å²) in [4.78, 5) is 15.6. The monoisotopic (exact) mass is 488 g/mol. The van der Waals surface area contributed by atoms with Crippen molar-refractivity contribution in [1.82, 2.24) is 4.90 Å². The van der Waals surface area contributed by atoms with Crippen molar-refractivity contribution >= 4 is 38.5 Å². The number of amides is 1. The van der Waals surface area contributed by atoms with Crippen molar-refractivity contribution < 1.29 is 9.21 Å². The molecule has 0 aliphatic carbocycles. The Balaban J connectivity index is 1.63. The maximum absolute atomic E-state index is 13.1. The second-order valence-corrected chi connectivity index (χ2v) is 9.12. The highest BCUT2D eigenvalue weighted by molar-refractivity contribution is 9.10. The highest BCUT2D eigenvalue weighted by Gasteiger charge is 2.31. The lowest BCUT2D eigenvalue weighted by Crippen LogP contribution is -2.34. The molecule has 5 rings (SSSR count). The molecule has 0 bridgehead atoms. The first kappa shape index (κ1) is 21.0. The van der Waals surface area contributed by atoms with Crippen molar-refractivity contribution in [3.63, 3.8) is 0 Å². The molecule has 1 aromatic heterocycles. The second-order valence-electron chi connectivity index (χ2n) is 8.21. The first-order valence-electron chi connectivity index (χ1n) is 11.1. The van der Waals surface area contributed by atoms with Gasteiger partial charge >= 0.3 is 0 Å². The molecule has 0 saturated carbocycles. The molecule has 4 nitrogen and oxygen atoms in total. The van der Waals surface area contributed by atoms with Crippen molar-refractivity contribution in [2.75, 3.05) is 18.4 Å². The second kappa shape index (κ2) is 9.31. The lowest BCUT2D eigenvalue weighted by atomic mass is 9.98. The number of piperidine rings is 1. The molecule has 1 saturated heterocycles. The van der Waals surface area contributed by atoms with Gasteiger partial charge in [-0.2, -0.15) is 0 Å². The number of furan rings is 1. The molecule has 2 heterocycles. The van der Waals surface area contributed by atoms with Crippen LogP contribution in [0.3, 0.4) is 0 Å². The summed E-state index contributed by atoms with van der Waals surface area (Å²) in [5.74, 6) is 0.659. The molecule has 1 atom stereocenters. The summed E-state index contributed by atoms with van der Waals surface area (Å²) in [5, 5.41) is 4.10. The number of nitrogens with zero attached hydrogens (tertiary/aromatic N) is 1. The van der Waals surface area contributed by atoms with Crippen LogP contribution in [0.2, 0.25) is 0 Å². The lowest BCUT2D eigenvalue weighted by molar-refractivity contribution is 0.102. The summed E-state index contributed by atoms with van der Waals surface area (Å²) >= 11 is 3.55. The van der Waals surface area contributed by atoms with Crippen LogP contribution in [0.4, 0.5) is 5.69 Å². The molecule has 3 aromatic carbocycles. The van der Waals surface area contributed by atoms with E-state index in [9.17, 15) is 4.79 Å². The number of anilines is 1. The Kier molecular flexibility index (Phi) is 6.10. The van der Waals surface area contributed by atoms with Crippen LogP contribution in [-0.4, -0.2) is 23.9 Å². The summed E-state index contributed by atoms with van der Waals surface area (Å²) in [5.41, 5.74) is 3.32. The number of likely N-dealkylation sites (tertiary alicyclic amines) is 1. The van der Waals surface area contributed by atoms with Gasteiger partial charge in [0.25, 0.3) is 5.91 Å². The number of halogens is 1. The Bertz CT molecular complexity index is 1210. The van der Waals surface area contributed by atoms with Crippen molar-refractivity contribution in [3.05, 3.63) is 100 Å². The third-order valence-corrected chi connectivity index (χ3v) is 6.62. The van der Waals surface area contributed by atoms with Gasteiger partial charge in [0.15, 0.2) is 0 Å². The Labute approximate surface area is 196 Å². The van der Waals surface area contributed by atoms with Gasteiger partial charge in [-0.25, -0.2) is 0 Å². The van der Waals surface area contributed by atoms with Crippen LogP contribution >= 0.6 is 15.9 Å². The van der Waals surface area contributed by atoms with E-state index in [2.05, 4.69) is 50.4 Å². The Morgan fingerprint density at radius 1 is 0.875 bits per heavy atom. The molecule has 1 fully saturated rings. The number of benzene rings is 3. The van der Waals surface area contributed by atoms with Gasteiger partial charge in [-0.1, -0.05) is 64.8 Å². The van der Waals surface area contributed by atoms with E-state index in [-0.39, 0.29) is 11.9 Å². The van der Waals surface area contributed by atoms with Gasteiger partial charge in [-0.15, -0.1) is 0 Å². The molecule has 1 unspecified atom stereocenters. The molecule has 1 N–H and O–H groups in total. The van der Waals surface area contributed by atoms with Crippen LogP contribution in [0, 0.1) is 0 Å². The van der Waals surface area contributed by atoms with E-state index in [0.717, 1.165) is 45.5 Å². The van der Waals surface area contributed by atoms with Crippen molar-refractivity contribution in [1.29, 1.82) is 0 Å². The zero-order valence-corrected chi connectivity index (χ0v) is 19.3.